The Morgan fingerprint density at radius 1 is 1.30 bits per heavy atom. The number of carboxylic acids is 1. The smallest absolute Gasteiger partial charge is 0.332 e. The van der Waals surface area contributed by atoms with Gasteiger partial charge in [-0.1, -0.05) is 18.2 Å². The Morgan fingerprint density at radius 3 is 2.65 bits per heavy atom. The van der Waals surface area contributed by atoms with Gasteiger partial charge in [-0.05, 0) is 31.9 Å². The maximum Gasteiger partial charge on any atom is 0.332 e. The van der Waals surface area contributed by atoms with Crippen LogP contribution in [0.5, 0.6) is 0 Å². The van der Waals surface area contributed by atoms with Gasteiger partial charge in [-0.2, -0.15) is 0 Å². The minimum Gasteiger partial charge on any atom is -0.481 e. The van der Waals surface area contributed by atoms with E-state index in [0.717, 1.165) is 11.3 Å². The number of hydrogen-bond donors (Lipinski definition) is 2. The summed E-state index contributed by atoms with van der Waals surface area (Å²) in [5.41, 5.74) is 1.68. The molecule has 0 saturated carbocycles. The largest absolute Gasteiger partial charge is 0.481 e. The van der Waals surface area contributed by atoms with Crippen LogP contribution in [0, 0.1) is 5.92 Å². The summed E-state index contributed by atoms with van der Waals surface area (Å²) in [5.74, 6) is -1.16. The highest BCUT2D eigenvalue weighted by atomic mass is 16.4. The Morgan fingerprint density at radius 2 is 2.04 bits per heavy atom. The van der Waals surface area contributed by atoms with Crippen LogP contribution in [0.2, 0.25) is 0 Å². The molecule has 1 saturated heterocycles. The zero-order valence-electron chi connectivity index (χ0n) is 13.3. The first-order valence-electron chi connectivity index (χ1n) is 7.84. The lowest BCUT2D eigenvalue weighted by Gasteiger charge is -2.16. The first-order chi connectivity index (χ1) is 11.0. The summed E-state index contributed by atoms with van der Waals surface area (Å²) in [5, 5.41) is 12.4. The maximum absolute atomic E-state index is 12.6. The second kappa shape index (κ2) is 6.04. The van der Waals surface area contributed by atoms with Crippen LogP contribution >= 0.6 is 0 Å². The third kappa shape index (κ3) is 2.82. The van der Waals surface area contributed by atoms with E-state index in [1.54, 1.807) is 21.5 Å². The first kappa shape index (κ1) is 15.6. The third-order valence-corrected chi connectivity index (χ3v) is 4.41. The highest BCUT2D eigenvalue weighted by Crippen LogP contribution is 2.30. The molecule has 0 radical (unpaired) electrons. The van der Waals surface area contributed by atoms with Gasteiger partial charge in [0.15, 0.2) is 0 Å². The predicted molar refractivity (Wildman–Crippen MR) is 86.9 cm³/mol. The Bertz CT molecular complexity index is 775. The van der Waals surface area contributed by atoms with Crippen molar-refractivity contribution >= 4 is 5.97 Å². The van der Waals surface area contributed by atoms with Gasteiger partial charge in [0.2, 0.25) is 0 Å². The summed E-state index contributed by atoms with van der Waals surface area (Å²) < 4.78 is 3.31. The van der Waals surface area contributed by atoms with Crippen LogP contribution in [-0.4, -0.2) is 26.8 Å². The van der Waals surface area contributed by atoms with Crippen molar-refractivity contribution in [3.05, 3.63) is 52.7 Å². The number of hydrogen-bond acceptors (Lipinski definition) is 3. The first-order valence-corrected chi connectivity index (χ1v) is 7.84. The molecule has 0 aliphatic carbocycles. The average molecular weight is 315 g/mol. The van der Waals surface area contributed by atoms with Gasteiger partial charge in [0, 0.05) is 31.0 Å². The van der Waals surface area contributed by atoms with Crippen molar-refractivity contribution in [3.63, 3.8) is 0 Å². The van der Waals surface area contributed by atoms with E-state index in [4.69, 9.17) is 0 Å². The number of nitrogens with one attached hydrogen (secondary N) is 1. The van der Waals surface area contributed by atoms with E-state index in [-0.39, 0.29) is 23.7 Å². The molecule has 1 fully saturated rings. The van der Waals surface area contributed by atoms with Crippen LogP contribution < -0.4 is 11.0 Å². The second-order valence-electron chi connectivity index (χ2n) is 6.24. The molecular formula is C17H21N3O3. The zero-order valence-corrected chi connectivity index (χ0v) is 13.3. The molecule has 1 aliphatic heterocycles. The molecule has 0 amide bonds. The number of imidazole rings is 1. The van der Waals surface area contributed by atoms with Gasteiger partial charge in [0.25, 0.3) is 0 Å². The Labute approximate surface area is 134 Å². The Kier molecular flexibility index (Phi) is 4.09. The Hall–Kier alpha value is -2.34. The number of carboxylic acid groups (broad SMARTS) is 1. The molecular weight excluding hydrogens is 294 g/mol. The van der Waals surface area contributed by atoms with Gasteiger partial charge in [-0.15, -0.1) is 0 Å². The van der Waals surface area contributed by atoms with Crippen LogP contribution in [0.15, 0.2) is 41.5 Å². The summed E-state index contributed by atoms with van der Waals surface area (Å²) in [6.45, 7) is 4.39. The average Bonchev–Trinajstić information content (AvgIpc) is 3.14. The molecule has 2 N–H and O–H groups in total. The molecule has 23 heavy (non-hydrogen) atoms. The number of nitrogens with zero attached hydrogens (tertiary/aromatic N) is 2. The summed E-state index contributed by atoms with van der Waals surface area (Å²) >= 11 is 0. The molecule has 2 heterocycles. The predicted octanol–water partition coefficient (Wildman–Crippen LogP) is 1.96. The molecule has 122 valence electrons. The van der Waals surface area contributed by atoms with E-state index in [9.17, 15) is 14.7 Å². The van der Waals surface area contributed by atoms with Crippen LogP contribution in [0.4, 0.5) is 0 Å². The van der Waals surface area contributed by atoms with Crippen molar-refractivity contribution in [3.8, 4) is 5.69 Å². The van der Waals surface area contributed by atoms with E-state index in [1.165, 1.54) is 0 Å². The van der Waals surface area contributed by atoms with Crippen molar-refractivity contribution in [2.45, 2.75) is 32.4 Å². The minimum absolute atomic E-state index is 0.0541. The molecule has 2 aromatic rings. The van der Waals surface area contributed by atoms with Crippen molar-refractivity contribution in [2.75, 3.05) is 6.54 Å². The number of carbonyl (C=O) groups is 1. The molecule has 1 aromatic heterocycles. The van der Waals surface area contributed by atoms with Crippen LogP contribution in [0.1, 0.15) is 37.9 Å². The van der Waals surface area contributed by atoms with Crippen molar-refractivity contribution in [2.24, 2.45) is 5.92 Å². The van der Waals surface area contributed by atoms with E-state index in [2.05, 4.69) is 5.32 Å². The summed E-state index contributed by atoms with van der Waals surface area (Å²) in [6.07, 6.45) is 4.09. The van der Waals surface area contributed by atoms with Crippen molar-refractivity contribution in [1.29, 1.82) is 0 Å². The molecule has 6 heteroatoms. The zero-order chi connectivity index (χ0) is 16.6. The number of aliphatic carboxylic acids is 1. The lowest BCUT2D eigenvalue weighted by Crippen LogP contribution is -2.25. The topological polar surface area (TPSA) is 76.3 Å². The fraction of sp³-hybridized carbons (Fsp3) is 0.412. The molecule has 3 rings (SSSR count). The fourth-order valence-corrected chi connectivity index (χ4v) is 3.13. The number of benzene rings is 1. The molecule has 1 aliphatic rings. The summed E-state index contributed by atoms with van der Waals surface area (Å²) in [7, 11) is 0. The second-order valence-corrected chi connectivity index (χ2v) is 6.24. The number of aromatic nitrogens is 2. The van der Waals surface area contributed by atoms with E-state index in [1.807, 2.05) is 38.1 Å². The van der Waals surface area contributed by atoms with Gasteiger partial charge < -0.3 is 10.4 Å². The number of para-hydroxylation sites is 1. The normalized spacial score (nSPS) is 21.0. The van der Waals surface area contributed by atoms with Gasteiger partial charge in [0.1, 0.15) is 0 Å². The summed E-state index contributed by atoms with van der Waals surface area (Å²) in [4.78, 5) is 23.7. The molecule has 2 atom stereocenters. The molecule has 1 aromatic carbocycles. The standard InChI is InChI=1S/C17H21N3O3/c1-11(2)19-7-8-20(17(19)23)15-6-4-3-5-13(15)14-9-12(10-18-14)16(21)22/h3-8,11-12,14,18H,9-10H2,1-2H3,(H,21,22). The lowest BCUT2D eigenvalue weighted by atomic mass is 9.98. The van der Waals surface area contributed by atoms with E-state index in [0.29, 0.717) is 13.0 Å². The summed E-state index contributed by atoms with van der Waals surface area (Å²) in [6, 6.07) is 7.70. The van der Waals surface area contributed by atoms with Crippen LogP contribution in [0.3, 0.4) is 0 Å². The Balaban J connectivity index is 1.99. The maximum atomic E-state index is 12.6. The molecule has 6 nitrogen and oxygen atoms in total. The highest BCUT2D eigenvalue weighted by molar-refractivity contribution is 5.71. The highest BCUT2D eigenvalue weighted by Gasteiger charge is 2.31. The fourth-order valence-electron chi connectivity index (χ4n) is 3.13. The van der Waals surface area contributed by atoms with E-state index >= 15 is 0 Å². The van der Waals surface area contributed by atoms with Gasteiger partial charge in [0.05, 0.1) is 11.6 Å². The SMILES string of the molecule is CC(C)n1ccn(-c2ccccc2C2CC(C(=O)O)CN2)c1=O. The molecule has 0 bridgehead atoms. The monoisotopic (exact) mass is 315 g/mol. The van der Waals surface area contributed by atoms with Gasteiger partial charge in [-0.3, -0.25) is 13.9 Å². The van der Waals surface area contributed by atoms with Crippen LogP contribution in [0.25, 0.3) is 5.69 Å². The van der Waals surface area contributed by atoms with E-state index < -0.39 is 5.97 Å². The van der Waals surface area contributed by atoms with Crippen molar-refractivity contribution in [1.82, 2.24) is 14.5 Å². The van der Waals surface area contributed by atoms with Gasteiger partial charge >= 0.3 is 11.7 Å². The minimum atomic E-state index is -0.777. The van der Waals surface area contributed by atoms with Crippen LogP contribution in [-0.2, 0) is 4.79 Å². The van der Waals surface area contributed by atoms with Gasteiger partial charge in [-0.25, -0.2) is 4.79 Å². The number of rotatable bonds is 4. The molecule has 0 spiro atoms. The van der Waals surface area contributed by atoms with Crippen molar-refractivity contribution < 1.29 is 9.90 Å². The lowest BCUT2D eigenvalue weighted by molar-refractivity contribution is -0.141. The quantitative estimate of drug-likeness (QED) is 0.904. The molecule has 2 unspecified atom stereocenters. The third-order valence-electron chi connectivity index (χ3n) is 4.41.